The Kier molecular flexibility index (Phi) is 3.59. The fourth-order valence-corrected chi connectivity index (χ4v) is 2.11. The van der Waals surface area contributed by atoms with Crippen LogP contribution in [0.25, 0.3) is 5.70 Å². The Bertz CT molecular complexity index is 405. The van der Waals surface area contributed by atoms with Crippen LogP contribution in [-0.4, -0.2) is 30.4 Å². The lowest BCUT2D eigenvalue weighted by Crippen LogP contribution is -2.27. The highest BCUT2D eigenvalue weighted by Crippen LogP contribution is 2.30. The van der Waals surface area contributed by atoms with Crippen molar-refractivity contribution in [3.63, 3.8) is 0 Å². The molecule has 0 radical (unpaired) electrons. The van der Waals surface area contributed by atoms with E-state index in [2.05, 4.69) is 18.8 Å². The van der Waals surface area contributed by atoms with E-state index in [9.17, 15) is 4.79 Å². The molecule has 3 heteroatoms. The van der Waals surface area contributed by atoms with Crippen molar-refractivity contribution < 1.29 is 4.79 Å². The van der Waals surface area contributed by atoms with Gasteiger partial charge in [0, 0.05) is 23.4 Å². The molecule has 0 aliphatic carbocycles. The van der Waals surface area contributed by atoms with Gasteiger partial charge in [-0.05, 0) is 25.6 Å². The number of hydrogen-bond acceptors (Lipinski definition) is 2. The third-order valence-electron chi connectivity index (χ3n) is 3.02. The van der Waals surface area contributed by atoms with Gasteiger partial charge < -0.3 is 10.2 Å². The monoisotopic (exact) mass is 230 g/mol. The Morgan fingerprint density at radius 1 is 1.29 bits per heavy atom. The number of nitrogens with one attached hydrogen (secondary N) is 1. The van der Waals surface area contributed by atoms with Gasteiger partial charge in [0.05, 0.1) is 0 Å². The third-order valence-corrected chi connectivity index (χ3v) is 3.02. The van der Waals surface area contributed by atoms with E-state index >= 15 is 0 Å². The number of carbonyl (C=O) groups is 1. The van der Waals surface area contributed by atoms with Gasteiger partial charge in [0.15, 0.2) is 0 Å². The molecule has 1 heterocycles. The second-order valence-electron chi connectivity index (χ2n) is 4.16. The fraction of sp³-hybridized carbons (Fsp3) is 0.357. The summed E-state index contributed by atoms with van der Waals surface area (Å²) in [6.45, 7) is 8.73. The van der Waals surface area contributed by atoms with Gasteiger partial charge in [0.1, 0.15) is 0 Å². The zero-order valence-corrected chi connectivity index (χ0v) is 10.2. The first-order valence-electron chi connectivity index (χ1n) is 6.06. The van der Waals surface area contributed by atoms with Gasteiger partial charge >= 0.3 is 0 Å². The predicted molar refractivity (Wildman–Crippen MR) is 69.7 cm³/mol. The van der Waals surface area contributed by atoms with Crippen LogP contribution in [0.5, 0.6) is 0 Å². The van der Waals surface area contributed by atoms with E-state index in [0.717, 1.165) is 42.9 Å². The molecule has 0 bridgehead atoms. The molecule has 1 aliphatic heterocycles. The van der Waals surface area contributed by atoms with Gasteiger partial charge in [-0.3, -0.25) is 4.79 Å². The highest BCUT2D eigenvalue weighted by atomic mass is 16.2. The zero-order chi connectivity index (χ0) is 12.3. The summed E-state index contributed by atoms with van der Waals surface area (Å²) in [4.78, 5) is 13.9. The number of hydrogen-bond donors (Lipinski definition) is 1. The molecule has 1 N–H and O–H groups in total. The number of fused-ring (bicyclic) bond motifs is 1. The second-order valence-corrected chi connectivity index (χ2v) is 4.16. The quantitative estimate of drug-likeness (QED) is 0.786. The maximum atomic E-state index is 12.1. The van der Waals surface area contributed by atoms with Crippen molar-refractivity contribution in [1.82, 2.24) is 10.2 Å². The SMILES string of the molecule is C=C1c2ccccc2C(=O)N1CCCNCC. The Balaban J connectivity index is 2.03. The normalized spacial score (nSPS) is 14.3. The summed E-state index contributed by atoms with van der Waals surface area (Å²) in [6, 6.07) is 7.67. The van der Waals surface area contributed by atoms with E-state index in [-0.39, 0.29) is 5.91 Å². The molecule has 1 amide bonds. The molecule has 90 valence electrons. The van der Waals surface area contributed by atoms with Gasteiger partial charge in [0.25, 0.3) is 5.91 Å². The fourth-order valence-electron chi connectivity index (χ4n) is 2.11. The lowest BCUT2D eigenvalue weighted by Gasteiger charge is -2.17. The summed E-state index contributed by atoms with van der Waals surface area (Å²) >= 11 is 0. The Morgan fingerprint density at radius 3 is 2.65 bits per heavy atom. The van der Waals surface area contributed by atoms with E-state index in [4.69, 9.17) is 0 Å². The van der Waals surface area contributed by atoms with Crippen LogP contribution < -0.4 is 5.32 Å². The summed E-state index contributed by atoms with van der Waals surface area (Å²) in [5.41, 5.74) is 2.59. The Labute approximate surface area is 102 Å². The summed E-state index contributed by atoms with van der Waals surface area (Å²) < 4.78 is 0. The molecule has 0 fully saturated rings. The summed E-state index contributed by atoms with van der Waals surface area (Å²) in [6.07, 6.45) is 0.951. The van der Waals surface area contributed by atoms with Gasteiger partial charge in [-0.25, -0.2) is 0 Å². The second kappa shape index (κ2) is 5.15. The number of amides is 1. The van der Waals surface area contributed by atoms with Gasteiger partial charge in [-0.2, -0.15) is 0 Å². The molecule has 2 rings (SSSR count). The predicted octanol–water partition coefficient (Wildman–Crippen LogP) is 2.11. The van der Waals surface area contributed by atoms with E-state index in [1.54, 1.807) is 4.90 Å². The minimum atomic E-state index is 0.0853. The number of rotatable bonds is 5. The van der Waals surface area contributed by atoms with E-state index in [1.807, 2.05) is 24.3 Å². The van der Waals surface area contributed by atoms with Crippen molar-refractivity contribution in [2.75, 3.05) is 19.6 Å². The van der Waals surface area contributed by atoms with Gasteiger partial charge in [-0.15, -0.1) is 0 Å². The number of carbonyl (C=O) groups excluding carboxylic acids is 1. The Morgan fingerprint density at radius 2 is 2.00 bits per heavy atom. The molecule has 0 spiro atoms. The average Bonchev–Trinajstić information content (AvgIpc) is 2.60. The number of nitrogens with zero attached hydrogens (tertiary/aromatic N) is 1. The molecule has 1 aromatic rings. The molecule has 17 heavy (non-hydrogen) atoms. The largest absolute Gasteiger partial charge is 0.317 e. The van der Waals surface area contributed by atoms with Crippen LogP contribution >= 0.6 is 0 Å². The highest BCUT2D eigenvalue weighted by Gasteiger charge is 2.29. The molecular formula is C14H18N2O. The summed E-state index contributed by atoms with van der Waals surface area (Å²) in [5.74, 6) is 0.0853. The molecule has 1 aromatic carbocycles. The summed E-state index contributed by atoms with van der Waals surface area (Å²) in [5, 5.41) is 3.26. The van der Waals surface area contributed by atoms with Crippen LogP contribution in [0.2, 0.25) is 0 Å². The highest BCUT2D eigenvalue weighted by molar-refractivity contribution is 6.08. The standard InChI is InChI=1S/C14H18N2O/c1-3-15-9-6-10-16-11(2)12-7-4-5-8-13(12)14(16)17/h4-5,7-8,15H,2-3,6,9-10H2,1H3. The van der Waals surface area contributed by atoms with Crippen LogP contribution in [-0.2, 0) is 0 Å². The van der Waals surface area contributed by atoms with Crippen molar-refractivity contribution in [2.24, 2.45) is 0 Å². The maximum absolute atomic E-state index is 12.1. The molecule has 0 atom stereocenters. The molecule has 0 saturated carbocycles. The van der Waals surface area contributed by atoms with Crippen LogP contribution in [0, 0.1) is 0 Å². The number of benzene rings is 1. The van der Waals surface area contributed by atoms with E-state index < -0.39 is 0 Å². The van der Waals surface area contributed by atoms with Crippen LogP contribution in [0.4, 0.5) is 0 Å². The molecule has 0 aromatic heterocycles. The molecule has 0 saturated heterocycles. The van der Waals surface area contributed by atoms with Crippen LogP contribution in [0.3, 0.4) is 0 Å². The summed E-state index contributed by atoms with van der Waals surface area (Å²) in [7, 11) is 0. The first-order valence-corrected chi connectivity index (χ1v) is 6.06. The lowest BCUT2D eigenvalue weighted by molar-refractivity contribution is 0.0849. The van der Waals surface area contributed by atoms with E-state index in [1.165, 1.54) is 0 Å². The van der Waals surface area contributed by atoms with Gasteiger partial charge in [-0.1, -0.05) is 31.7 Å². The zero-order valence-electron chi connectivity index (χ0n) is 10.2. The minimum absolute atomic E-state index is 0.0853. The minimum Gasteiger partial charge on any atom is -0.317 e. The smallest absolute Gasteiger partial charge is 0.258 e. The van der Waals surface area contributed by atoms with E-state index in [0.29, 0.717) is 0 Å². The van der Waals surface area contributed by atoms with Crippen molar-refractivity contribution in [3.8, 4) is 0 Å². The lowest BCUT2D eigenvalue weighted by atomic mass is 10.1. The topological polar surface area (TPSA) is 32.3 Å². The maximum Gasteiger partial charge on any atom is 0.258 e. The van der Waals surface area contributed by atoms with Crippen molar-refractivity contribution in [2.45, 2.75) is 13.3 Å². The first-order chi connectivity index (χ1) is 8.25. The molecular weight excluding hydrogens is 212 g/mol. The van der Waals surface area contributed by atoms with Crippen molar-refractivity contribution >= 4 is 11.6 Å². The molecule has 3 nitrogen and oxygen atoms in total. The van der Waals surface area contributed by atoms with Crippen LogP contribution in [0.15, 0.2) is 30.8 Å². The third kappa shape index (κ3) is 2.24. The molecule has 1 aliphatic rings. The van der Waals surface area contributed by atoms with Gasteiger partial charge in [0.2, 0.25) is 0 Å². The average molecular weight is 230 g/mol. The molecule has 0 unspecified atom stereocenters. The Hall–Kier alpha value is -1.61. The first kappa shape index (κ1) is 11.9. The van der Waals surface area contributed by atoms with Crippen molar-refractivity contribution in [1.29, 1.82) is 0 Å². The van der Waals surface area contributed by atoms with Crippen molar-refractivity contribution in [3.05, 3.63) is 42.0 Å². The van der Waals surface area contributed by atoms with Crippen LogP contribution in [0.1, 0.15) is 29.3 Å².